The minimum atomic E-state index is 0.491. The van der Waals surface area contributed by atoms with E-state index in [0.29, 0.717) is 11.5 Å². The van der Waals surface area contributed by atoms with Gasteiger partial charge >= 0.3 is 0 Å². The largest absolute Gasteiger partial charge is 0.497 e. The molecule has 1 spiro atoms. The number of hydrogen-bond acceptors (Lipinski definition) is 4. The maximum Gasteiger partial charge on any atom is 0.118 e. The fourth-order valence-corrected chi connectivity index (χ4v) is 6.30. The molecule has 0 bridgehead atoms. The van der Waals surface area contributed by atoms with E-state index in [2.05, 4.69) is 70.6 Å². The highest BCUT2D eigenvalue weighted by molar-refractivity contribution is 5.31. The number of nitrogens with one attached hydrogen (secondary N) is 1. The van der Waals surface area contributed by atoms with Gasteiger partial charge in [0.1, 0.15) is 5.75 Å². The number of aryl methyl sites for hydroxylation is 1. The number of ether oxygens (including phenoxy) is 1. The van der Waals surface area contributed by atoms with Crippen molar-refractivity contribution in [3.63, 3.8) is 0 Å². The smallest absolute Gasteiger partial charge is 0.118 e. The minimum Gasteiger partial charge on any atom is -0.497 e. The molecule has 166 valence electrons. The maximum atomic E-state index is 5.34. The van der Waals surface area contributed by atoms with Crippen LogP contribution in [0.1, 0.15) is 48.4 Å². The molecule has 2 unspecified atom stereocenters. The molecule has 0 radical (unpaired) electrons. The average molecular weight is 420 g/mol. The van der Waals surface area contributed by atoms with Gasteiger partial charge in [0, 0.05) is 38.3 Å². The summed E-state index contributed by atoms with van der Waals surface area (Å²) in [5.74, 6) is 0.934. The van der Waals surface area contributed by atoms with Gasteiger partial charge in [-0.2, -0.15) is 0 Å². The van der Waals surface area contributed by atoms with Crippen LogP contribution < -0.4 is 10.1 Å². The summed E-state index contributed by atoms with van der Waals surface area (Å²) in [5.41, 5.74) is 4.89. The van der Waals surface area contributed by atoms with E-state index >= 15 is 0 Å². The molecule has 3 aliphatic rings. The van der Waals surface area contributed by atoms with E-state index in [-0.39, 0.29) is 0 Å². The highest BCUT2D eigenvalue weighted by Crippen LogP contribution is 2.52. The Kier molecular flexibility index (Phi) is 6.05. The summed E-state index contributed by atoms with van der Waals surface area (Å²) in [4.78, 5) is 5.56. The number of piperidine rings is 1. The number of benzene rings is 2. The van der Waals surface area contributed by atoms with Crippen LogP contribution in [-0.4, -0.2) is 55.7 Å². The number of hydrogen-bond donors (Lipinski definition) is 1. The van der Waals surface area contributed by atoms with E-state index in [1.807, 2.05) is 0 Å². The van der Waals surface area contributed by atoms with Gasteiger partial charge in [0.2, 0.25) is 0 Å². The van der Waals surface area contributed by atoms with Crippen LogP contribution in [0.3, 0.4) is 0 Å². The molecule has 2 saturated heterocycles. The van der Waals surface area contributed by atoms with Crippen LogP contribution in [0.2, 0.25) is 0 Å². The molecule has 2 aromatic rings. The number of rotatable bonds is 5. The fourth-order valence-electron chi connectivity index (χ4n) is 6.30. The summed E-state index contributed by atoms with van der Waals surface area (Å²) >= 11 is 0. The lowest BCUT2D eigenvalue weighted by atomic mass is 9.58. The Morgan fingerprint density at radius 2 is 1.77 bits per heavy atom. The SMILES string of the molecule is COc1ccc(CN2CCN(C3CCC34CCNCC4)C(c3ccccc3C)C2)cc1. The van der Waals surface area contributed by atoms with Gasteiger partial charge in [-0.3, -0.25) is 9.80 Å². The normalized spacial score (nSPS) is 26.5. The quantitative estimate of drug-likeness (QED) is 0.778. The molecule has 2 aliphatic heterocycles. The zero-order valence-corrected chi connectivity index (χ0v) is 19.1. The van der Waals surface area contributed by atoms with E-state index in [0.717, 1.165) is 31.4 Å². The Labute approximate surface area is 187 Å². The van der Waals surface area contributed by atoms with E-state index in [4.69, 9.17) is 4.74 Å². The van der Waals surface area contributed by atoms with Crippen molar-refractivity contribution in [2.45, 2.75) is 51.2 Å². The molecular weight excluding hydrogens is 382 g/mol. The number of piperazine rings is 1. The van der Waals surface area contributed by atoms with Gasteiger partial charge in [-0.1, -0.05) is 36.4 Å². The fraction of sp³-hybridized carbons (Fsp3) is 0.556. The maximum absolute atomic E-state index is 5.34. The lowest BCUT2D eigenvalue weighted by Crippen LogP contribution is -2.63. The molecule has 4 heteroatoms. The minimum absolute atomic E-state index is 0.491. The lowest BCUT2D eigenvalue weighted by molar-refractivity contribution is -0.0905. The Balaban J connectivity index is 1.37. The van der Waals surface area contributed by atoms with Crippen molar-refractivity contribution >= 4 is 0 Å². The molecule has 1 saturated carbocycles. The van der Waals surface area contributed by atoms with Crippen molar-refractivity contribution in [3.05, 3.63) is 65.2 Å². The Hall–Kier alpha value is -1.88. The topological polar surface area (TPSA) is 27.7 Å². The van der Waals surface area contributed by atoms with Crippen molar-refractivity contribution in [2.75, 3.05) is 39.8 Å². The van der Waals surface area contributed by atoms with E-state index in [1.165, 1.54) is 62.0 Å². The highest BCUT2D eigenvalue weighted by Gasteiger charge is 2.51. The van der Waals surface area contributed by atoms with Gasteiger partial charge in [-0.15, -0.1) is 0 Å². The van der Waals surface area contributed by atoms with Crippen LogP contribution in [-0.2, 0) is 6.54 Å². The second kappa shape index (κ2) is 8.93. The molecule has 0 amide bonds. The van der Waals surface area contributed by atoms with Crippen LogP contribution in [0.4, 0.5) is 0 Å². The van der Waals surface area contributed by atoms with Gasteiger partial charge in [0.05, 0.1) is 7.11 Å². The summed E-state index contributed by atoms with van der Waals surface area (Å²) in [6, 6.07) is 18.9. The van der Waals surface area contributed by atoms with Gasteiger partial charge < -0.3 is 10.1 Å². The third-order valence-corrected chi connectivity index (χ3v) is 8.24. The van der Waals surface area contributed by atoms with Crippen molar-refractivity contribution < 1.29 is 4.74 Å². The van der Waals surface area contributed by atoms with E-state index in [9.17, 15) is 0 Å². The average Bonchev–Trinajstić information content (AvgIpc) is 2.81. The van der Waals surface area contributed by atoms with Gasteiger partial charge in [-0.05, 0) is 79.9 Å². The van der Waals surface area contributed by atoms with Crippen LogP contribution in [0.5, 0.6) is 5.75 Å². The van der Waals surface area contributed by atoms with Crippen LogP contribution in [0.25, 0.3) is 0 Å². The zero-order chi connectivity index (χ0) is 21.3. The standard InChI is InChI=1S/C27H37N3O/c1-21-5-3-4-6-24(21)25-20-29(19-22-7-9-23(31-2)10-8-22)17-18-30(25)26-11-12-27(26)13-15-28-16-14-27/h3-10,25-26,28H,11-20H2,1-2H3. The molecule has 1 aliphatic carbocycles. The lowest BCUT2D eigenvalue weighted by Gasteiger charge is -2.60. The second-order valence-electron chi connectivity index (χ2n) is 9.86. The number of nitrogens with zero attached hydrogens (tertiary/aromatic N) is 2. The highest BCUT2D eigenvalue weighted by atomic mass is 16.5. The molecule has 2 heterocycles. The van der Waals surface area contributed by atoms with Crippen molar-refractivity contribution in [2.24, 2.45) is 5.41 Å². The Bertz CT molecular complexity index is 874. The van der Waals surface area contributed by atoms with Crippen LogP contribution >= 0.6 is 0 Å². The van der Waals surface area contributed by atoms with Gasteiger partial charge in [-0.25, -0.2) is 0 Å². The van der Waals surface area contributed by atoms with Crippen LogP contribution in [0, 0.1) is 12.3 Å². The molecule has 1 N–H and O–H groups in total. The first kappa shape index (κ1) is 21.0. The molecule has 3 fully saturated rings. The second-order valence-corrected chi connectivity index (χ2v) is 9.86. The number of methoxy groups -OCH3 is 1. The van der Waals surface area contributed by atoms with Crippen molar-refractivity contribution in [1.82, 2.24) is 15.1 Å². The van der Waals surface area contributed by atoms with Gasteiger partial charge in [0.25, 0.3) is 0 Å². The molecular formula is C27H37N3O. The molecule has 2 aromatic carbocycles. The van der Waals surface area contributed by atoms with E-state index in [1.54, 1.807) is 7.11 Å². The van der Waals surface area contributed by atoms with Gasteiger partial charge in [0.15, 0.2) is 0 Å². The third kappa shape index (κ3) is 4.13. The molecule has 4 nitrogen and oxygen atoms in total. The van der Waals surface area contributed by atoms with Crippen molar-refractivity contribution in [3.8, 4) is 5.75 Å². The predicted molar refractivity (Wildman–Crippen MR) is 126 cm³/mol. The van der Waals surface area contributed by atoms with Crippen molar-refractivity contribution in [1.29, 1.82) is 0 Å². The molecule has 0 aromatic heterocycles. The van der Waals surface area contributed by atoms with Crippen LogP contribution in [0.15, 0.2) is 48.5 Å². The Morgan fingerprint density at radius 3 is 2.45 bits per heavy atom. The first-order valence-corrected chi connectivity index (χ1v) is 12.1. The predicted octanol–water partition coefficient (Wildman–Crippen LogP) is 4.39. The van der Waals surface area contributed by atoms with E-state index < -0.39 is 0 Å². The summed E-state index contributed by atoms with van der Waals surface area (Å²) < 4.78 is 5.34. The molecule has 5 rings (SSSR count). The first-order valence-electron chi connectivity index (χ1n) is 12.1. The monoisotopic (exact) mass is 419 g/mol. The zero-order valence-electron chi connectivity index (χ0n) is 19.1. The summed E-state index contributed by atoms with van der Waals surface area (Å²) in [6.45, 7) is 9.14. The first-order chi connectivity index (χ1) is 15.2. The third-order valence-electron chi connectivity index (χ3n) is 8.24. The molecule has 2 atom stereocenters. The summed E-state index contributed by atoms with van der Waals surface area (Å²) in [5, 5.41) is 3.59. The summed E-state index contributed by atoms with van der Waals surface area (Å²) in [6.07, 6.45) is 5.50. The summed E-state index contributed by atoms with van der Waals surface area (Å²) in [7, 11) is 1.73. The molecule has 31 heavy (non-hydrogen) atoms. The Morgan fingerprint density at radius 1 is 1.00 bits per heavy atom.